The van der Waals surface area contributed by atoms with E-state index in [-0.39, 0.29) is 18.5 Å². The molecule has 0 spiro atoms. The topological polar surface area (TPSA) is 92.7 Å². The van der Waals surface area contributed by atoms with Gasteiger partial charge in [-0.15, -0.1) is 0 Å². The molecule has 1 rings (SSSR count). The van der Waals surface area contributed by atoms with E-state index in [1.807, 2.05) is 0 Å². The van der Waals surface area contributed by atoms with Crippen LogP contribution < -0.4 is 5.32 Å². The highest BCUT2D eigenvalue weighted by atomic mass is 31.2. The molecule has 6 nitrogen and oxygen atoms in total. The number of allylic oxidation sites excluding steroid dienone is 1. The number of aliphatic carboxylic acids is 1. The summed E-state index contributed by atoms with van der Waals surface area (Å²) in [7, 11) is -2.89. The molecule has 114 valence electrons. The van der Waals surface area contributed by atoms with Crippen molar-refractivity contribution >= 4 is 19.2 Å². The van der Waals surface area contributed by atoms with Crippen LogP contribution in [0.25, 0.3) is 0 Å². The Hall–Kier alpha value is -1.91. The number of nitrogens with one attached hydrogen (secondary N) is 1. The Bertz CT molecular complexity index is 582. The van der Waals surface area contributed by atoms with Crippen LogP contribution in [0.2, 0.25) is 0 Å². The Morgan fingerprint density at radius 1 is 1.33 bits per heavy atom. The van der Waals surface area contributed by atoms with Crippen molar-refractivity contribution in [2.45, 2.75) is 6.92 Å². The van der Waals surface area contributed by atoms with E-state index in [1.165, 1.54) is 12.7 Å². The Labute approximate surface area is 123 Å². The largest absolute Gasteiger partial charge is 0.477 e. The number of carboxylic acids is 1. The third-order valence-corrected chi connectivity index (χ3v) is 4.19. The van der Waals surface area contributed by atoms with Gasteiger partial charge < -0.3 is 14.9 Å². The lowest BCUT2D eigenvalue weighted by Crippen LogP contribution is -2.27. The van der Waals surface area contributed by atoms with Crippen LogP contribution in [0.4, 0.5) is 0 Å². The Kier molecular flexibility index (Phi) is 6.34. The summed E-state index contributed by atoms with van der Waals surface area (Å²) in [6.45, 7) is 3.40. The predicted octanol–water partition coefficient (Wildman–Crippen LogP) is 2.33. The van der Waals surface area contributed by atoms with Gasteiger partial charge in [-0.1, -0.05) is 18.2 Å². The molecule has 1 aromatic rings. The van der Waals surface area contributed by atoms with Gasteiger partial charge in [0, 0.05) is 18.4 Å². The number of rotatable bonds is 7. The van der Waals surface area contributed by atoms with Crippen molar-refractivity contribution in [3.05, 3.63) is 47.7 Å². The maximum absolute atomic E-state index is 11.9. The third kappa shape index (κ3) is 5.94. The van der Waals surface area contributed by atoms with Crippen LogP contribution in [0.1, 0.15) is 17.3 Å². The number of carbonyl (C=O) groups excluding carboxylic acids is 1. The summed E-state index contributed by atoms with van der Waals surface area (Å²) in [5.41, 5.74) is 0.0276. The first-order valence-electron chi connectivity index (χ1n) is 6.36. The van der Waals surface area contributed by atoms with Gasteiger partial charge in [0.25, 0.3) is 5.91 Å². The molecule has 0 saturated heterocycles. The SMILES string of the molecule is CCOP(C)(=O)CC=C(NC(=O)c1ccccc1)C(=O)O. The summed E-state index contributed by atoms with van der Waals surface area (Å²) in [4.78, 5) is 23.0. The third-order valence-electron chi connectivity index (χ3n) is 2.54. The zero-order valence-electron chi connectivity index (χ0n) is 11.9. The van der Waals surface area contributed by atoms with Gasteiger partial charge in [-0.3, -0.25) is 9.36 Å². The average molecular weight is 311 g/mol. The first-order chi connectivity index (χ1) is 9.85. The molecule has 0 aliphatic rings. The first-order valence-corrected chi connectivity index (χ1v) is 8.62. The number of hydrogen-bond donors (Lipinski definition) is 2. The molecule has 1 unspecified atom stereocenters. The van der Waals surface area contributed by atoms with Gasteiger partial charge in [0.15, 0.2) is 0 Å². The maximum atomic E-state index is 11.9. The fourth-order valence-corrected chi connectivity index (χ4v) is 2.72. The minimum absolute atomic E-state index is 0.0580. The minimum atomic E-state index is -2.89. The fourth-order valence-electron chi connectivity index (χ4n) is 1.56. The number of benzene rings is 1. The van der Waals surface area contributed by atoms with Crippen LogP contribution >= 0.6 is 7.37 Å². The van der Waals surface area contributed by atoms with E-state index in [0.717, 1.165) is 0 Å². The van der Waals surface area contributed by atoms with Gasteiger partial charge in [-0.25, -0.2) is 4.79 Å². The van der Waals surface area contributed by atoms with E-state index < -0.39 is 19.2 Å². The van der Waals surface area contributed by atoms with Crippen molar-refractivity contribution in [2.75, 3.05) is 19.4 Å². The van der Waals surface area contributed by atoms with E-state index in [9.17, 15) is 14.2 Å². The molecule has 2 N–H and O–H groups in total. The van der Waals surface area contributed by atoms with E-state index >= 15 is 0 Å². The number of amides is 1. The summed E-state index contributed by atoms with van der Waals surface area (Å²) in [6, 6.07) is 8.24. The number of carboxylic acid groups (broad SMARTS) is 1. The standard InChI is InChI=1S/C14H18NO5P/c1-3-20-21(2,19)10-9-12(14(17)18)15-13(16)11-7-5-4-6-8-11/h4-9H,3,10H2,1-2H3,(H,15,16)(H,17,18). The summed E-state index contributed by atoms with van der Waals surface area (Å²) in [5, 5.41) is 11.4. The summed E-state index contributed by atoms with van der Waals surface area (Å²) in [6.07, 6.45) is 1.15. The summed E-state index contributed by atoms with van der Waals surface area (Å²) >= 11 is 0. The normalized spacial score (nSPS) is 14.3. The molecule has 1 atom stereocenters. The highest BCUT2D eigenvalue weighted by Crippen LogP contribution is 2.42. The van der Waals surface area contributed by atoms with Crippen LogP contribution in [0.3, 0.4) is 0 Å². The quantitative estimate of drug-likeness (QED) is 0.595. The molecular formula is C14H18NO5P. The van der Waals surface area contributed by atoms with E-state index in [1.54, 1.807) is 37.3 Å². The predicted molar refractivity (Wildman–Crippen MR) is 79.7 cm³/mol. The lowest BCUT2D eigenvalue weighted by molar-refractivity contribution is -0.133. The molecule has 0 aliphatic carbocycles. The Morgan fingerprint density at radius 3 is 2.48 bits per heavy atom. The summed E-state index contributed by atoms with van der Waals surface area (Å²) < 4.78 is 17.0. The molecular weight excluding hydrogens is 293 g/mol. The molecule has 0 aliphatic heterocycles. The van der Waals surface area contributed by atoms with Gasteiger partial charge in [-0.2, -0.15) is 0 Å². The zero-order chi connectivity index (χ0) is 15.9. The van der Waals surface area contributed by atoms with Crippen molar-refractivity contribution in [2.24, 2.45) is 0 Å². The van der Waals surface area contributed by atoms with E-state index in [4.69, 9.17) is 9.63 Å². The van der Waals surface area contributed by atoms with Crippen molar-refractivity contribution in [1.29, 1.82) is 0 Å². The smallest absolute Gasteiger partial charge is 0.352 e. The minimum Gasteiger partial charge on any atom is -0.477 e. The molecule has 0 bridgehead atoms. The molecule has 1 amide bonds. The van der Waals surface area contributed by atoms with Crippen LogP contribution in [-0.4, -0.2) is 36.4 Å². The van der Waals surface area contributed by atoms with Gasteiger partial charge in [0.1, 0.15) is 5.70 Å². The highest BCUT2D eigenvalue weighted by molar-refractivity contribution is 7.58. The average Bonchev–Trinajstić information content (AvgIpc) is 2.43. The second kappa shape index (κ2) is 7.76. The molecule has 0 fully saturated rings. The molecule has 0 radical (unpaired) electrons. The monoisotopic (exact) mass is 311 g/mol. The van der Waals surface area contributed by atoms with Crippen LogP contribution in [0, 0.1) is 0 Å². The lowest BCUT2D eigenvalue weighted by Gasteiger charge is -2.11. The van der Waals surface area contributed by atoms with Crippen LogP contribution in [-0.2, 0) is 13.9 Å². The van der Waals surface area contributed by atoms with E-state index in [0.29, 0.717) is 5.56 Å². The number of hydrogen-bond acceptors (Lipinski definition) is 4. The summed E-state index contributed by atoms with van der Waals surface area (Å²) in [5.74, 6) is -1.83. The van der Waals surface area contributed by atoms with Crippen molar-refractivity contribution in [1.82, 2.24) is 5.32 Å². The van der Waals surface area contributed by atoms with Crippen molar-refractivity contribution < 1.29 is 23.8 Å². The van der Waals surface area contributed by atoms with Gasteiger partial charge >= 0.3 is 5.97 Å². The maximum Gasteiger partial charge on any atom is 0.352 e. The van der Waals surface area contributed by atoms with E-state index in [2.05, 4.69) is 5.32 Å². The second-order valence-corrected chi connectivity index (χ2v) is 7.01. The second-order valence-electron chi connectivity index (χ2n) is 4.36. The van der Waals surface area contributed by atoms with Gasteiger partial charge in [-0.05, 0) is 25.1 Å². The van der Waals surface area contributed by atoms with Gasteiger partial charge in [0.05, 0.1) is 6.61 Å². The first kappa shape index (κ1) is 17.1. The Balaban J connectivity index is 2.81. The highest BCUT2D eigenvalue weighted by Gasteiger charge is 2.17. The molecule has 0 saturated carbocycles. The zero-order valence-corrected chi connectivity index (χ0v) is 12.8. The van der Waals surface area contributed by atoms with Crippen molar-refractivity contribution in [3.8, 4) is 0 Å². The van der Waals surface area contributed by atoms with Crippen LogP contribution in [0.5, 0.6) is 0 Å². The fraction of sp³-hybridized carbons (Fsp3) is 0.286. The molecule has 7 heteroatoms. The number of carbonyl (C=O) groups is 2. The molecule has 21 heavy (non-hydrogen) atoms. The van der Waals surface area contributed by atoms with Crippen LogP contribution in [0.15, 0.2) is 42.1 Å². The molecule has 0 aromatic heterocycles. The Morgan fingerprint density at radius 2 is 1.95 bits per heavy atom. The molecule has 1 aromatic carbocycles. The van der Waals surface area contributed by atoms with Gasteiger partial charge in [0.2, 0.25) is 7.37 Å². The molecule has 0 heterocycles. The van der Waals surface area contributed by atoms with Crippen molar-refractivity contribution in [3.63, 3.8) is 0 Å². The lowest BCUT2D eigenvalue weighted by atomic mass is 10.2.